The molecule has 25 heavy (non-hydrogen) atoms. The van der Waals surface area contributed by atoms with Crippen LogP contribution in [0, 0.1) is 6.92 Å². The smallest absolute Gasteiger partial charge is 0.250 e. The highest BCUT2D eigenvalue weighted by Crippen LogP contribution is 2.37. The van der Waals surface area contributed by atoms with Gasteiger partial charge in [0.1, 0.15) is 5.82 Å². The van der Waals surface area contributed by atoms with Crippen LogP contribution in [0.2, 0.25) is 0 Å². The topological polar surface area (TPSA) is 54.9 Å². The van der Waals surface area contributed by atoms with E-state index in [9.17, 15) is 4.79 Å². The number of anilines is 1. The Bertz CT molecular complexity index is 924. The van der Waals surface area contributed by atoms with Crippen molar-refractivity contribution in [2.45, 2.75) is 17.1 Å². The van der Waals surface area contributed by atoms with E-state index in [2.05, 4.69) is 15.3 Å². The molecule has 7 heteroatoms. The Balaban J connectivity index is 1.98. The SMILES string of the molecule is Cc1ccc2nc(C(Cl)(Cl)Cl)nc(NC(=O)Cc3ccccc3)c2c1. The number of halogens is 3. The van der Waals surface area contributed by atoms with Gasteiger partial charge in [-0.15, -0.1) is 0 Å². The third kappa shape index (κ3) is 4.40. The summed E-state index contributed by atoms with van der Waals surface area (Å²) in [5.41, 5.74) is 2.50. The molecule has 0 aliphatic carbocycles. The van der Waals surface area contributed by atoms with Crippen molar-refractivity contribution in [1.82, 2.24) is 9.97 Å². The lowest BCUT2D eigenvalue weighted by Crippen LogP contribution is -2.18. The molecule has 3 aromatic rings. The van der Waals surface area contributed by atoms with E-state index in [1.54, 1.807) is 6.07 Å². The minimum absolute atomic E-state index is 0.0175. The van der Waals surface area contributed by atoms with Crippen molar-refractivity contribution >= 4 is 57.4 Å². The Labute approximate surface area is 160 Å². The average Bonchev–Trinajstić information content (AvgIpc) is 2.55. The van der Waals surface area contributed by atoms with Gasteiger partial charge in [-0.05, 0) is 24.6 Å². The van der Waals surface area contributed by atoms with Crippen molar-refractivity contribution in [2.24, 2.45) is 0 Å². The Kier molecular flexibility index (Phi) is 5.13. The number of rotatable bonds is 3. The lowest BCUT2D eigenvalue weighted by Gasteiger charge is -2.14. The fourth-order valence-electron chi connectivity index (χ4n) is 2.42. The zero-order valence-corrected chi connectivity index (χ0v) is 15.5. The van der Waals surface area contributed by atoms with Crippen molar-refractivity contribution in [3.63, 3.8) is 0 Å². The Morgan fingerprint density at radius 2 is 1.80 bits per heavy atom. The number of amides is 1. The molecule has 3 rings (SSSR count). The van der Waals surface area contributed by atoms with Gasteiger partial charge in [0.25, 0.3) is 0 Å². The van der Waals surface area contributed by atoms with Gasteiger partial charge >= 0.3 is 0 Å². The number of hydrogen-bond acceptors (Lipinski definition) is 3. The summed E-state index contributed by atoms with van der Waals surface area (Å²) in [4.78, 5) is 20.9. The van der Waals surface area contributed by atoms with Crippen LogP contribution in [0.5, 0.6) is 0 Å². The number of carbonyl (C=O) groups excluding carboxylic acids is 1. The summed E-state index contributed by atoms with van der Waals surface area (Å²) in [6.45, 7) is 1.94. The number of carbonyl (C=O) groups is 1. The van der Waals surface area contributed by atoms with Gasteiger partial charge in [-0.2, -0.15) is 0 Å². The highest BCUT2D eigenvalue weighted by Gasteiger charge is 2.28. The number of aryl methyl sites for hydroxylation is 1. The standard InChI is InChI=1S/C18H14Cl3N3O/c1-11-7-8-14-13(9-11)16(24-17(22-14)18(19,20)21)23-15(25)10-12-5-3-2-4-6-12/h2-9H,10H2,1H3,(H,22,23,24,25). The summed E-state index contributed by atoms with van der Waals surface area (Å²) in [5, 5.41) is 3.50. The van der Waals surface area contributed by atoms with E-state index in [-0.39, 0.29) is 18.2 Å². The molecular weight excluding hydrogens is 381 g/mol. The second-order valence-electron chi connectivity index (χ2n) is 5.62. The number of aromatic nitrogens is 2. The molecule has 0 saturated carbocycles. The first-order chi connectivity index (χ1) is 11.8. The largest absolute Gasteiger partial charge is 0.310 e. The maximum Gasteiger partial charge on any atom is 0.250 e. The number of alkyl halides is 3. The van der Waals surface area contributed by atoms with Crippen molar-refractivity contribution in [2.75, 3.05) is 5.32 Å². The molecule has 1 N–H and O–H groups in total. The molecule has 0 aliphatic rings. The maximum atomic E-state index is 12.4. The summed E-state index contributed by atoms with van der Waals surface area (Å²) in [6.07, 6.45) is 0.223. The maximum absolute atomic E-state index is 12.4. The van der Waals surface area contributed by atoms with Crippen molar-refractivity contribution in [3.05, 3.63) is 65.5 Å². The average molecular weight is 395 g/mol. The first-order valence-electron chi connectivity index (χ1n) is 7.52. The molecule has 0 spiro atoms. The number of nitrogens with zero attached hydrogens (tertiary/aromatic N) is 2. The molecule has 1 aromatic heterocycles. The lowest BCUT2D eigenvalue weighted by molar-refractivity contribution is -0.115. The monoisotopic (exact) mass is 393 g/mol. The van der Waals surface area contributed by atoms with E-state index in [0.29, 0.717) is 16.7 Å². The van der Waals surface area contributed by atoms with Crippen LogP contribution in [0.1, 0.15) is 17.0 Å². The van der Waals surface area contributed by atoms with Crippen molar-refractivity contribution < 1.29 is 4.79 Å². The van der Waals surface area contributed by atoms with Crippen LogP contribution in [-0.4, -0.2) is 15.9 Å². The second-order valence-corrected chi connectivity index (χ2v) is 7.91. The van der Waals surface area contributed by atoms with E-state index in [1.165, 1.54) is 0 Å². The first-order valence-corrected chi connectivity index (χ1v) is 8.66. The van der Waals surface area contributed by atoms with Gasteiger partial charge in [-0.1, -0.05) is 76.8 Å². The third-order valence-corrected chi connectivity index (χ3v) is 4.08. The molecule has 0 bridgehead atoms. The quantitative estimate of drug-likeness (QED) is 0.640. The summed E-state index contributed by atoms with van der Waals surface area (Å²) in [6, 6.07) is 15.0. The number of benzene rings is 2. The molecule has 0 atom stereocenters. The van der Waals surface area contributed by atoms with Gasteiger partial charge in [0.05, 0.1) is 11.9 Å². The van der Waals surface area contributed by atoms with Gasteiger partial charge in [-0.3, -0.25) is 4.79 Å². The fraction of sp³-hybridized carbons (Fsp3) is 0.167. The van der Waals surface area contributed by atoms with Gasteiger partial charge in [0.15, 0.2) is 5.82 Å². The van der Waals surface area contributed by atoms with Crippen LogP contribution in [0.15, 0.2) is 48.5 Å². The summed E-state index contributed by atoms with van der Waals surface area (Å²) in [7, 11) is 0. The van der Waals surface area contributed by atoms with Gasteiger partial charge in [-0.25, -0.2) is 9.97 Å². The Morgan fingerprint density at radius 3 is 2.48 bits per heavy atom. The van der Waals surface area contributed by atoms with E-state index >= 15 is 0 Å². The molecule has 1 amide bonds. The molecule has 1 heterocycles. The van der Waals surface area contributed by atoms with E-state index in [0.717, 1.165) is 11.1 Å². The Morgan fingerprint density at radius 1 is 1.08 bits per heavy atom. The number of nitrogens with one attached hydrogen (secondary N) is 1. The molecular formula is C18H14Cl3N3O. The number of hydrogen-bond donors (Lipinski definition) is 1. The van der Waals surface area contributed by atoms with Crippen LogP contribution in [0.4, 0.5) is 5.82 Å². The normalized spacial score (nSPS) is 11.5. The third-order valence-electron chi connectivity index (χ3n) is 3.57. The zero-order chi connectivity index (χ0) is 18.0. The van der Waals surface area contributed by atoms with Crippen LogP contribution in [-0.2, 0) is 15.0 Å². The Hall–Kier alpha value is -1.88. The highest BCUT2D eigenvalue weighted by molar-refractivity contribution is 6.66. The predicted octanol–water partition coefficient (Wildman–Crippen LogP) is 4.95. The molecule has 128 valence electrons. The van der Waals surface area contributed by atoms with Gasteiger partial charge < -0.3 is 5.32 Å². The molecule has 0 radical (unpaired) electrons. The molecule has 2 aromatic carbocycles. The van der Waals surface area contributed by atoms with Crippen LogP contribution in [0.25, 0.3) is 10.9 Å². The molecule has 0 unspecified atom stereocenters. The van der Waals surface area contributed by atoms with E-state index < -0.39 is 3.79 Å². The van der Waals surface area contributed by atoms with Crippen LogP contribution in [0.3, 0.4) is 0 Å². The predicted molar refractivity (Wildman–Crippen MR) is 102 cm³/mol. The minimum atomic E-state index is -1.78. The van der Waals surface area contributed by atoms with Gasteiger partial charge in [0.2, 0.25) is 9.70 Å². The summed E-state index contributed by atoms with van der Waals surface area (Å²) >= 11 is 17.8. The van der Waals surface area contributed by atoms with Crippen LogP contribution < -0.4 is 5.32 Å². The van der Waals surface area contributed by atoms with E-state index in [1.807, 2.05) is 49.4 Å². The zero-order valence-electron chi connectivity index (χ0n) is 13.3. The van der Waals surface area contributed by atoms with E-state index in [4.69, 9.17) is 34.8 Å². The van der Waals surface area contributed by atoms with Crippen LogP contribution >= 0.6 is 34.8 Å². The first kappa shape index (κ1) is 17.9. The van der Waals surface area contributed by atoms with Gasteiger partial charge in [0, 0.05) is 5.39 Å². The minimum Gasteiger partial charge on any atom is -0.310 e. The number of fused-ring (bicyclic) bond motifs is 1. The second kappa shape index (κ2) is 7.16. The summed E-state index contributed by atoms with van der Waals surface area (Å²) < 4.78 is -1.78. The summed E-state index contributed by atoms with van der Waals surface area (Å²) in [5.74, 6) is 0.141. The highest BCUT2D eigenvalue weighted by atomic mass is 35.6. The molecule has 0 fully saturated rings. The fourth-order valence-corrected chi connectivity index (χ4v) is 2.68. The molecule has 0 aliphatic heterocycles. The lowest BCUT2D eigenvalue weighted by atomic mass is 10.1. The molecule has 0 saturated heterocycles. The van der Waals surface area contributed by atoms with Crippen molar-refractivity contribution in [1.29, 1.82) is 0 Å². The van der Waals surface area contributed by atoms with Crippen molar-refractivity contribution in [3.8, 4) is 0 Å². The molecule has 4 nitrogen and oxygen atoms in total.